The van der Waals surface area contributed by atoms with Crippen LogP contribution in [0, 0.1) is 0 Å². The summed E-state index contributed by atoms with van der Waals surface area (Å²) in [6.45, 7) is 11.3. The van der Waals surface area contributed by atoms with E-state index < -0.39 is 0 Å². The lowest BCUT2D eigenvalue weighted by Crippen LogP contribution is -2.45. The molecular formula is C20H36N4S. The molecule has 0 heterocycles. The number of unbranched alkanes of at least 4 members (excludes halogenated alkanes) is 1. The fourth-order valence-electron chi connectivity index (χ4n) is 2.65. The minimum atomic E-state index is -0.0730. The topological polar surface area (TPSA) is 48.5 Å². The Morgan fingerprint density at radius 2 is 1.88 bits per heavy atom. The number of thioether (sulfide) groups is 1. The zero-order valence-corrected chi connectivity index (χ0v) is 17.4. The standard InChI is InChI=1S/C20H36N4S/c1-6-21-19(22-14-10-11-15-25-5)23-16-20(3,4)24-17(2)18-12-8-7-9-13-18/h7-9,12-13,17,24H,6,10-11,14-16H2,1-5H3,(H2,21,22,23). The number of guanidine groups is 1. The van der Waals surface area contributed by atoms with E-state index in [0.29, 0.717) is 6.04 Å². The van der Waals surface area contributed by atoms with Crippen molar-refractivity contribution in [3.63, 3.8) is 0 Å². The second kappa shape index (κ2) is 12.2. The van der Waals surface area contributed by atoms with Gasteiger partial charge in [0.05, 0.1) is 6.54 Å². The lowest BCUT2D eigenvalue weighted by atomic mass is 10.0. The molecule has 0 saturated carbocycles. The van der Waals surface area contributed by atoms with E-state index in [0.717, 1.165) is 25.6 Å². The van der Waals surface area contributed by atoms with Crippen LogP contribution in [-0.2, 0) is 0 Å². The minimum absolute atomic E-state index is 0.0730. The molecule has 0 aliphatic heterocycles. The second-order valence-electron chi connectivity index (χ2n) is 6.98. The van der Waals surface area contributed by atoms with E-state index in [1.807, 2.05) is 11.8 Å². The molecule has 3 N–H and O–H groups in total. The van der Waals surface area contributed by atoms with Gasteiger partial charge < -0.3 is 16.0 Å². The molecule has 1 atom stereocenters. The van der Waals surface area contributed by atoms with Crippen LogP contribution in [0.1, 0.15) is 52.1 Å². The highest BCUT2D eigenvalue weighted by Gasteiger charge is 2.20. The minimum Gasteiger partial charge on any atom is -0.357 e. The molecule has 0 aromatic heterocycles. The maximum Gasteiger partial charge on any atom is 0.191 e. The Kier molecular flexibility index (Phi) is 10.7. The van der Waals surface area contributed by atoms with E-state index in [1.165, 1.54) is 24.2 Å². The molecule has 1 aromatic rings. The van der Waals surface area contributed by atoms with Gasteiger partial charge in [0, 0.05) is 24.7 Å². The first-order valence-electron chi connectivity index (χ1n) is 9.32. The third kappa shape index (κ3) is 9.75. The number of aliphatic imine (C=N–C) groups is 1. The van der Waals surface area contributed by atoms with Crippen LogP contribution in [-0.4, -0.2) is 43.1 Å². The third-order valence-electron chi connectivity index (χ3n) is 3.95. The van der Waals surface area contributed by atoms with Gasteiger partial charge in [0.1, 0.15) is 0 Å². The summed E-state index contributed by atoms with van der Waals surface area (Å²) in [6.07, 6.45) is 4.58. The van der Waals surface area contributed by atoms with Crippen LogP contribution < -0.4 is 16.0 Å². The molecule has 0 amide bonds. The third-order valence-corrected chi connectivity index (χ3v) is 4.65. The van der Waals surface area contributed by atoms with Crippen molar-refractivity contribution in [2.24, 2.45) is 4.99 Å². The van der Waals surface area contributed by atoms with Crippen molar-refractivity contribution >= 4 is 17.7 Å². The molecule has 0 fully saturated rings. The van der Waals surface area contributed by atoms with Crippen LogP contribution in [0.25, 0.3) is 0 Å². The highest BCUT2D eigenvalue weighted by molar-refractivity contribution is 7.98. The highest BCUT2D eigenvalue weighted by atomic mass is 32.2. The normalized spacial score (nSPS) is 13.6. The zero-order valence-electron chi connectivity index (χ0n) is 16.6. The Bertz CT molecular complexity index is 488. The van der Waals surface area contributed by atoms with Crippen molar-refractivity contribution in [2.75, 3.05) is 31.6 Å². The molecule has 1 rings (SSSR count). The van der Waals surface area contributed by atoms with Crippen molar-refractivity contribution in [2.45, 2.75) is 52.1 Å². The molecule has 5 heteroatoms. The van der Waals surface area contributed by atoms with E-state index in [-0.39, 0.29) is 5.54 Å². The first-order chi connectivity index (χ1) is 12.0. The Labute approximate surface area is 158 Å². The van der Waals surface area contributed by atoms with E-state index >= 15 is 0 Å². The summed E-state index contributed by atoms with van der Waals surface area (Å²) in [5, 5.41) is 10.5. The van der Waals surface area contributed by atoms with Gasteiger partial charge in [0.25, 0.3) is 0 Å². The molecule has 25 heavy (non-hydrogen) atoms. The Morgan fingerprint density at radius 1 is 1.16 bits per heavy atom. The Balaban J connectivity index is 2.51. The number of hydrogen-bond donors (Lipinski definition) is 3. The quantitative estimate of drug-likeness (QED) is 0.317. The molecule has 0 spiro atoms. The molecule has 0 radical (unpaired) electrons. The van der Waals surface area contributed by atoms with Gasteiger partial charge in [0.15, 0.2) is 5.96 Å². The summed E-state index contributed by atoms with van der Waals surface area (Å²) in [7, 11) is 0. The predicted molar refractivity (Wildman–Crippen MR) is 114 cm³/mol. The maximum atomic E-state index is 4.78. The van der Waals surface area contributed by atoms with Gasteiger partial charge in [0.2, 0.25) is 0 Å². The van der Waals surface area contributed by atoms with E-state index in [4.69, 9.17) is 4.99 Å². The van der Waals surface area contributed by atoms with Crippen LogP contribution in [0.2, 0.25) is 0 Å². The average Bonchev–Trinajstić information content (AvgIpc) is 2.60. The summed E-state index contributed by atoms with van der Waals surface area (Å²) >= 11 is 1.91. The van der Waals surface area contributed by atoms with Crippen molar-refractivity contribution in [3.8, 4) is 0 Å². The number of nitrogens with zero attached hydrogens (tertiary/aromatic N) is 1. The molecule has 4 nitrogen and oxygen atoms in total. The Hall–Kier alpha value is -1.20. The lowest BCUT2D eigenvalue weighted by Gasteiger charge is -2.29. The fourth-order valence-corrected chi connectivity index (χ4v) is 3.15. The zero-order chi connectivity index (χ0) is 18.5. The van der Waals surface area contributed by atoms with Gasteiger partial charge in [-0.1, -0.05) is 30.3 Å². The smallest absolute Gasteiger partial charge is 0.191 e. The Morgan fingerprint density at radius 3 is 2.52 bits per heavy atom. The van der Waals surface area contributed by atoms with Crippen LogP contribution in [0.4, 0.5) is 0 Å². The molecule has 1 aromatic carbocycles. The van der Waals surface area contributed by atoms with Crippen LogP contribution in [0.15, 0.2) is 35.3 Å². The van der Waals surface area contributed by atoms with Gasteiger partial charge in [-0.25, -0.2) is 0 Å². The van der Waals surface area contributed by atoms with Crippen molar-refractivity contribution in [1.82, 2.24) is 16.0 Å². The van der Waals surface area contributed by atoms with Crippen molar-refractivity contribution in [1.29, 1.82) is 0 Å². The van der Waals surface area contributed by atoms with Gasteiger partial charge in [-0.2, -0.15) is 11.8 Å². The maximum absolute atomic E-state index is 4.78. The molecular weight excluding hydrogens is 328 g/mol. The summed E-state index contributed by atoms with van der Waals surface area (Å²) < 4.78 is 0. The summed E-state index contributed by atoms with van der Waals surface area (Å²) in [6, 6.07) is 10.9. The highest BCUT2D eigenvalue weighted by Crippen LogP contribution is 2.16. The van der Waals surface area contributed by atoms with Gasteiger partial charge in [-0.15, -0.1) is 0 Å². The molecule has 1 unspecified atom stereocenters. The first-order valence-corrected chi connectivity index (χ1v) is 10.7. The number of hydrogen-bond acceptors (Lipinski definition) is 3. The summed E-state index contributed by atoms with van der Waals surface area (Å²) in [5.41, 5.74) is 1.23. The predicted octanol–water partition coefficient (Wildman–Crippen LogP) is 3.81. The molecule has 142 valence electrons. The second-order valence-corrected chi connectivity index (χ2v) is 7.97. The average molecular weight is 365 g/mol. The van der Waals surface area contributed by atoms with Gasteiger partial charge >= 0.3 is 0 Å². The fraction of sp³-hybridized carbons (Fsp3) is 0.650. The van der Waals surface area contributed by atoms with E-state index in [9.17, 15) is 0 Å². The number of rotatable bonds is 11. The van der Waals surface area contributed by atoms with Crippen molar-refractivity contribution < 1.29 is 0 Å². The van der Waals surface area contributed by atoms with Crippen LogP contribution >= 0.6 is 11.8 Å². The monoisotopic (exact) mass is 364 g/mol. The van der Waals surface area contributed by atoms with Crippen LogP contribution in [0.3, 0.4) is 0 Å². The number of nitrogens with one attached hydrogen (secondary N) is 3. The number of benzene rings is 1. The largest absolute Gasteiger partial charge is 0.357 e. The molecule has 0 saturated heterocycles. The lowest BCUT2D eigenvalue weighted by molar-refractivity contribution is 0.356. The molecule has 0 bridgehead atoms. The molecule has 0 aliphatic rings. The van der Waals surface area contributed by atoms with Gasteiger partial charge in [-0.3, -0.25) is 4.99 Å². The van der Waals surface area contributed by atoms with Crippen LogP contribution in [0.5, 0.6) is 0 Å². The summed E-state index contributed by atoms with van der Waals surface area (Å²) in [4.78, 5) is 4.78. The first kappa shape index (κ1) is 21.8. The van der Waals surface area contributed by atoms with Crippen molar-refractivity contribution in [3.05, 3.63) is 35.9 Å². The van der Waals surface area contributed by atoms with E-state index in [1.54, 1.807) is 0 Å². The van der Waals surface area contributed by atoms with Gasteiger partial charge in [-0.05, 0) is 58.1 Å². The van der Waals surface area contributed by atoms with E-state index in [2.05, 4.69) is 80.2 Å². The SMILES string of the molecule is CCNC(=NCC(C)(C)NC(C)c1ccccc1)NCCCCSC. The summed E-state index contributed by atoms with van der Waals surface area (Å²) in [5.74, 6) is 2.14. The molecule has 0 aliphatic carbocycles.